The quantitative estimate of drug-likeness (QED) is 0.216. The molecule has 0 aliphatic rings. The Bertz CT molecular complexity index is 2650. The first-order valence-corrected chi connectivity index (χ1v) is 14.8. The van der Waals surface area contributed by atoms with Crippen LogP contribution in [0.5, 0.6) is 0 Å². The van der Waals surface area contributed by atoms with E-state index in [4.69, 9.17) is 15.0 Å². The molecule has 0 amide bonds. The molecule has 5 nitrogen and oxygen atoms in total. The first kappa shape index (κ1) is 23.5. The molecule has 0 unspecified atom stereocenters. The Labute approximate surface area is 251 Å². The lowest BCUT2D eigenvalue weighted by atomic mass is 10.0. The summed E-state index contributed by atoms with van der Waals surface area (Å²) in [6.07, 6.45) is 0. The first-order chi connectivity index (χ1) is 21.8. The van der Waals surface area contributed by atoms with Gasteiger partial charge in [-0.3, -0.25) is 4.57 Å². The zero-order valence-electron chi connectivity index (χ0n) is 23.5. The molecule has 0 saturated carbocycles. The minimum absolute atomic E-state index is 0.603. The summed E-state index contributed by atoms with van der Waals surface area (Å²) < 4.78 is 4.70. The van der Waals surface area contributed by atoms with Crippen LogP contribution in [0.25, 0.3) is 88.6 Å². The number of nitrogens with zero attached hydrogens (tertiary/aromatic N) is 5. The average Bonchev–Trinajstić information content (AvgIpc) is 3.73. The minimum Gasteiger partial charge on any atom is -0.306 e. The van der Waals surface area contributed by atoms with Crippen LogP contribution in [0.1, 0.15) is 0 Å². The fraction of sp³-hybridized carbons (Fsp3) is 0. The number of para-hydroxylation sites is 2. The molecule has 204 valence electrons. The van der Waals surface area contributed by atoms with Crippen LogP contribution >= 0.6 is 0 Å². The van der Waals surface area contributed by atoms with Crippen molar-refractivity contribution >= 4 is 59.9 Å². The van der Waals surface area contributed by atoms with E-state index in [1.807, 2.05) is 36.4 Å². The lowest BCUT2D eigenvalue weighted by molar-refractivity contribution is 0.955. The van der Waals surface area contributed by atoms with Crippen molar-refractivity contribution in [1.29, 1.82) is 0 Å². The zero-order valence-corrected chi connectivity index (χ0v) is 23.5. The molecule has 10 rings (SSSR count). The topological polar surface area (TPSA) is 48.0 Å². The van der Waals surface area contributed by atoms with Crippen molar-refractivity contribution in [3.8, 4) is 28.7 Å². The highest BCUT2D eigenvalue weighted by molar-refractivity contribution is 6.33. The summed E-state index contributed by atoms with van der Waals surface area (Å²) in [6.45, 7) is 0. The van der Waals surface area contributed by atoms with Crippen molar-refractivity contribution in [3.05, 3.63) is 140 Å². The molecule has 0 bridgehead atoms. The Hall–Kier alpha value is -6.07. The van der Waals surface area contributed by atoms with E-state index in [0.717, 1.165) is 27.5 Å². The van der Waals surface area contributed by atoms with Crippen LogP contribution in [0, 0.1) is 0 Å². The summed E-state index contributed by atoms with van der Waals surface area (Å²) in [6, 6.07) is 48.7. The third-order valence-electron chi connectivity index (χ3n) is 8.87. The van der Waals surface area contributed by atoms with Gasteiger partial charge in [0.15, 0.2) is 11.6 Å². The van der Waals surface area contributed by atoms with Crippen LogP contribution < -0.4 is 0 Å². The van der Waals surface area contributed by atoms with Gasteiger partial charge in [0.05, 0.1) is 27.6 Å². The van der Waals surface area contributed by atoms with Crippen LogP contribution in [0.2, 0.25) is 0 Å². The summed E-state index contributed by atoms with van der Waals surface area (Å²) >= 11 is 0. The van der Waals surface area contributed by atoms with Gasteiger partial charge in [0.25, 0.3) is 0 Å². The van der Waals surface area contributed by atoms with E-state index in [1.165, 1.54) is 43.5 Å². The molecule has 0 N–H and O–H groups in total. The van der Waals surface area contributed by atoms with Crippen molar-refractivity contribution < 1.29 is 0 Å². The van der Waals surface area contributed by atoms with Gasteiger partial charge in [-0.2, -0.15) is 9.97 Å². The third-order valence-corrected chi connectivity index (χ3v) is 8.87. The van der Waals surface area contributed by atoms with Gasteiger partial charge in [0, 0.05) is 32.7 Å². The molecule has 0 atom stereocenters. The lowest BCUT2D eigenvalue weighted by Gasteiger charge is -2.11. The molecule has 0 fully saturated rings. The van der Waals surface area contributed by atoms with Crippen LogP contribution in [0.3, 0.4) is 0 Å². The van der Waals surface area contributed by atoms with E-state index < -0.39 is 0 Å². The monoisotopic (exact) mass is 561 g/mol. The van der Waals surface area contributed by atoms with Gasteiger partial charge in [0.1, 0.15) is 0 Å². The fourth-order valence-electron chi connectivity index (χ4n) is 7.06. The van der Waals surface area contributed by atoms with Gasteiger partial charge in [-0.15, -0.1) is 0 Å². The largest absolute Gasteiger partial charge is 0.306 e. The van der Waals surface area contributed by atoms with Crippen molar-refractivity contribution in [2.24, 2.45) is 0 Å². The van der Waals surface area contributed by atoms with Crippen LogP contribution in [-0.4, -0.2) is 23.9 Å². The molecule has 0 aliphatic heterocycles. The molecule has 4 heterocycles. The Balaban J connectivity index is 1.43. The van der Waals surface area contributed by atoms with E-state index >= 15 is 0 Å². The van der Waals surface area contributed by atoms with Gasteiger partial charge in [-0.05, 0) is 29.0 Å². The van der Waals surface area contributed by atoms with E-state index in [9.17, 15) is 0 Å². The smallest absolute Gasteiger partial charge is 0.238 e. The van der Waals surface area contributed by atoms with Gasteiger partial charge >= 0.3 is 0 Å². The molecule has 44 heavy (non-hydrogen) atoms. The highest BCUT2D eigenvalue weighted by Gasteiger charge is 2.26. The van der Waals surface area contributed by atoms with Crippen LogP contribution in [0.4, 0.5) is 0 Å². The maximum atomic E-state index is 5.17. The summed E-state index contributed by atoms with van der Waals surface area (Å²) in [7, 11) is 0. The second kappa shape index (κ2) is 8.72. The van der Waals surface area contributed by atoms with Gasteiger partial charge in [0.2, 0.25) is 5.95 Å². The fourth-order valence-corrected chi connectivity index (χ4v) is 7.06. The van der Waals surface area contributed by atoms with Crippen LogP contribution in [-0.2, 0) is 0 Å². The molecule has 6 aromatic carbocycles. The zero-order chi connectivity index (χ0) is 28.8. The normalized spacial score (nSPS) is 12.1. The van der Waals surface area contributed by atoms with Crippen molar-refractivity contribution in [2.75, 3.05) is 0 Å². The predicted molar refractivity (Wildman–Crippen MR) is 180 cm³/mol. The van der Waals surface area contributed by atoms with E-state index in [1.54, 1.807) is 0 Å². The number of rotatable bonds is 3. The molecule has 5 heteroatoms. The van der Waals surface area contributed by atoms with E-state index in [2.05, 4.69) is 112 Å². The lowest BCUT2D eigenvalue weighted by Crippen LogP contribution is -2.06. The van der Waals surface area contributed by atoms with Crippen molar-refractivity contribution in [2.45, 2.75) is 0 Å². The standard InChI is InChI=1S/C39H23N5/c1-3-13-24(14-4-1)37-40-38(25-15-5-2-6-16-25)42-39(41-37)44-32-22-12-10-20-29(32)35-36(44)30-23-26-17-7-8-18-27(26)33-28-19-9-11-21-31(28)43(35)34(30)33/h1-23H. The highest BCUT2D eigenvalue weighted by Crippen LogP contribution is 2.46. The maximum Gasteiger partial charge on any atom is 0.238 e. The van der Waals surface area contributed by atoms with E-state index in [-0.39, 0.29) is 0 Å². The molecular weight excluding hydrogens is 538 g/mol. The van der Waals surface area contributed by atoms with E-state index in [0.29, 0.717) is 17.6 Å². The molecular formula is C39H23N5. The Morgan fingerprint density at radius 2 is 0.977 bits per heavy atom. The van der Waals surface area contributed by atoms with Crippen molar-refractivity contribution in [3.63, 3.8) is 0 Å². The number of fused-ring (bicyclic) bond motifs is 10. The summed E-state index contributed by atoms with van der Waals surface area (Å²) in [5.74, 6) is 1.90. The van der Waals surface area contributed by atoms with Gasteiger partial charge < -0.3 is 4.40 Å². The third kappa shape index (κ3) is 3.10. The Kier molecular flexibility index (Phi) is 4.66. The second-order valence-electron chi connectivity index (χ2n) is 11.3. The molecule has 10 aromatic rings. The number of aromatic nitrogens is 5. The summed E-state index contributed by atoms with van der Waals surface area (Å²) in [5.41, 5.74) is 7.67. The van der Waals surface area contributed by atoms with Crippen molar-refractivity contribution in [1.82, 2.24) is 23.9 Å². The maximum absolute atomic E-state index is 5.17. The summed E-state index contributed by atoms with van der Waals surface area (Å²) in [4.78, 5) is 15.3. The number of hydrogen-bond donors (Lipinski definition) is 0. The first-order valence-electron chi connectivity index (χ1n) is 14.8. The highest BCUT2D eigenvalue weighted by atomic mass is 15.2. The minimum atomic E-state index is 0.603. The molecule has 4 aromatic heterocycles. The Morgan fingerprint density at radius 1 is 0.409 bits per heavy atom. The molecule has 0 radical (unpaired) electrons. The number of benzene rings is 6. The van der Waals surface area contributed by atoms with Crippen LogP contribution in [0.15, 0.2) is 140 Å². The predicted octanol–water partition coefficient (Wildman–Crippen LogP) is 9.45. The summed E-state index contributed by atoms with van der Waals surface area (Å²) in [5, 5.41) is 7.37. The van der Waals surface area contributed by atoms with Gasteiger partial charge in [-0.25, -0.2) is 4.98 Å². The second-order valence-corrected chi connectivity index (χ2v) is 11.3. The average molecular weight is 562 g/mol. The van der Waals surface area contributed by atoms with Gasteiger partial charge in [-0.1, -0.05) is 121 Å². The number of hydrogen-bond acceptors (Lipinski definition) is 3. The SMILES string of the molecule is c1ccc(-c2nc(-c3ccccc3)nc(-n3c4ccccc4c4c3c3cc5ccccc5c5c6ccccc6n4c35)n2)cc1. The molecule has 0 saturated heterocycles. The molecule has 0 aliphatic carbocycles. The molecule has 0 spiro atoms. The Morgan fingerprint density at radius 3 is 1.68 bits per heavy atom.